The Morgan fingerprint density at radius 2 is 1.69 bits per heavy atom. The number of carbonyl (C=O) groups excluding carboxylic acids is 1. The van der Waals surface area contributed by atoms with Gasteiger partial charge in [0.2, 0.25) is 5.91 Å². The summed E-state index contributed by atoms with van der Waals surface area (Å²) >= 11 is 0. The number of benzene rings is 3. The summed E-state index contributed by atoms with van der Waals surface area (Å²) < 4.78 is 13.7. The highest BCUT2D eigenvalue weighted by Crippen LogP contribution is 2.38. The molecule has 6 rings (SSSR count). The lowest BCUT2D eigenvalue weighted by Gasteiger charge is -2.22. The van der Waals surface area contributed by atoms with E-state index < -0.39 is 0 Å². The number of fused-ring (bicyclic) bond motifs is 2. The Morgan fingerprint density at radius 3 is 2.49 bits per heavy atom. The summed E-state index contributed by atoms with van der Waals surface area (Å²) in [5, 5.41) is 0. The molecule has 178 valence electrons. The van der Waals surface area contributed by atoms with Gasteiger partial charge in [0.15, 0.2) is 11.5 Å². The minimum Gasteiger partial charge on any atom is -0.486 e. The van der Waals surface area contributed by atoms with Gasteiger partial charge in [-0.05, 0) is 61.7 Å². The summed E-state index contributed by atoms with van der Waals surface area (Å²) in [6, 6.07) is 18.5. The van der Waals surface area contributed by atoms with Crippen LogP contribution in [0.5, 0.6) is 11.5 Å². The van der Waals surface area contributed by atoms with Gasteiger partial charge in [0.05, 0.1) is 11.0 Å². The van der Waals surface area contributed by atoms with E-state index in [4.69, 9.17) is 14.5 Å². The molecule has 0 spiro atoms. The third-order valence-corrected chi connectivity index (χ3v) is 7.17. The molecule has 0 bridgehead atoms. The largest absolute Gasteiger partial charge is 0.486 e. The van der Waals surface area contributed by atoms with Gasteiger partial charge in [-0.15, -0.1) is 0 Å². The Labute approximate surface area is 205 Å². The number of aromatic nitrogens is 2. The number of nitrogens with zero attached hydrogens (tertiary/aromatic N) is 3. The van der Waals surface area contributed by atoms with Crippen molar-refractivity contribution < 1.29 is 14.3 Å². The predicted octanol–water partition coefficient (Wildman–Crippen LogP) is 5.30. The van der Waals surface area contributed by atoms with Crippen molar-refractivity contribution >= 4 is 22.6 Å². The molecule has 4 aromatic rings. The van der Waals surface area contributed by atoms with E-state index in [1.807, 2.05) is 29.2 Å². The van der Waals surface area contributed by atoms with Gasteiger partial charge >= 0.3 is 0 Å². The maximum absolute atomic E-state index is 13.2. The normalized spacial score (nSPS) is 17.4. The fraction of sp³-hybridized carbons (Fsp3) is 0.310. The highest BCUT2D eigenvalue weighted by atomic mass is 16.6. The highest BCUT2D eigenvalue weighted by molar-refractivity contribution is 5.97. The molecule has 2 aliphatic heterocycles. The summed E-state index contributed by atoms with van der Waals surface area (Å²) in [4.78, 5) is 20.1. The number of amides is 1. The summed E-state index contributed by atoms with van der Waals surface area (Å²) in [7, 11) is 0. The molecular weight excluding hydrogens is 438 g/mol. The molecule has 3 aromatic carbocycles. The van der Waals surface area contributed by atoms with Crippen LogP contribution in [0.25, 0.3) is 11.0 Å². The van der Waals surface area contributed by atoms with Gasteiger partial charge in [-0.3, -0.25) is 4.79 Å². The molecule has 1 aromatic heterocycles. The number of para-hydroxylation sites is 2. The zero-order chi connectivity index (χ0) is 24.1. The molecule has 0 saturated carbocycles. The first kappa shape index (κ1) is 21.7. The van der Waals surface area contributed by atoms with Crippen molar-refractivity contribution in [2.75, 3.05) is 24.7 Å². The van der Waals surface area contributed by atoms with Crippen molar-refractivity contribution in [3.8, 4) is 11.5 Å². The van der Waals surface area contributed by atoms with E-state index >= 15 is 0 Å². The second kappa shape index (κ2) is 8.45. The van der Waals surface area contributed by atoms with Gasteiger partial charge in [0.1, 0.15) is 19.0 Å². The van der Waals surface area contributed by atoms with Crippen LogP contribution in [0, 0.1) is 20.8 Å². The van der Waals surface area contributed by atoms with Crippen LogP contribution in [-0.2, 0) is 11.3 Å². The summed E-state index contributed by atoms with van der Waals surface area (Å²) in [6.45, 7) is 8.89. The molecule has 1 fully saturated rings. The molecular formula is C29H29N3O3. The molecule has 2 aliphatic rings. The van der Waals surface area contributed by atoms with Crippen molar-refractivity contribution in [1.29, 1.82) is 0 Å². The van der Waals surface area contributed by atoms with E-state index in [1.54, 1.807) is 0 Å². The Bertz CT molecular complexity index is 1430. The van der Waals surface area contributed by atoms with Crippen LogP contribution < -0.4 is 14.4 Å². The van der Waals surface area contributed by atoms with Crippen molar-refractivity contribution in [2.24, 2.45) is 0 Å². The fourth-order valence-electron chi connectivity index (χ4n) is 5.52. The van der Waals surface area contributed by atoms with Gasteiger partial charge < -0.3 is 18.9 Å². The number of anilines is 1. The molecule has 6 nitrogen and oxygen atoms in total. The van der Waals surface area contributed by atoms with Crippen LogP contribution >= 0.6 is 0 Å². The maximum atomic E-state index is 13.2. The number of aryl methyl sites for hydroxylation is 3. The van der Waals surface area contributed by atoms with Gasteiger partial charge in [-0.25, -0.2) is 4.98 Å². The maximum Gasteiger partial charge on any atom is 0.227 e. The Morgan fingerprint density at radius 1 is 0.943 bits per heavy atom. The lowest BCUT2D eigenvalue weighted by Crippen LogP contribution is -2.25. The lowest BCUT2D eigenvalue weighted by atomic mass is 9.99. The second-order valence-corrected chi connectivity index (χ2v) is 9.66. The van der Waals surface area contributed by atoms with Crippen molar-refractivity contribution in [3.63, 3.8) is 0 Å². The van der Waals surface area contributed by atoms with Crippen molar-refractivity contribution in [1.82, 2.24) is 9.55 Å². The van der Waals surface area contributed by atoms with Crippen molar-refractivity contribution in [2.45, 2.75) is 39.7 Å². The van der Waals surface area contributed by atoms with Crippen LogP contribution in [0.4, 0.5) is 5.69 Å². The molecule has 1 saturated heterocycles. The number of ether oxygens (including phenoxy) is 2. The minimum atomic E-state index is 0.00848. The third-order valence-electron chi connectivity index (χ3n) is 7.17. The minimum absolute atomic E-state index is 0.00848. The van der Waals surface area contributed by atoms with E-state index in [0.717, 1.165) is 34.8 Å². The lowest BCUT2D eigenvalue weighted by molar-refractivity contribution is -0.117. The SMILES string of the molecule is Cc1cc(C)c(Cn2c(C3CC(=O)N(c4ccc5c(c4)OCCO5)C3)nc3ccccc32)c(C)c1. The van der Waals surface area contributed by atoms with Crippen molar-refractivity contribution in [3.05, 3.63) is 82.7 Å². The monoisotopic (exact) mass is 467 g/mol. The Kier molecular flexibility index (Phi) is 5.24. The average molecular weight is 468 g/mol. The van der Waals surface area contributed by atoms with E-state index in [0.29, 0.717) is 31.9 Å². The fourth-order valence-corrected chi connectivity index (χ4v) is 5.52. The predicted molar refractivity (Wildman–Crippen MR) is 137 cm³/mol. The molecule has 1 unspecified atom stereocenters. The van der Waals surface area contributed by atoms with Gasteiger partial charge in [-0.1, -0.05) is 29.8 Å². The zero-order valence-corrected chi connectivity index (χ0v) is 20.4. The first-order chi connectivity index (χ1) is 17.0. The smallest absolute Gasteiger partial charge is 0.227 e. The number of rotatable bonds is 4. The van der Waals surface area contributed by atoms with Crippen LogP contribution in [0.3, 0.4) is 0 Å². The third kappa shape index (κ3) is 3.83. The molecule has 1 atom stereocenters. The highest BCUT2D eigenvalue weighted by Gasteiger charge is 2.35. The number of hydrogen-bond donors (Lipinski definition) is 0. The van der Waals surface area contributed by atoms with Gasteiger partial charge in [-0.2, -0.15) is 0 Å². The summed E-state index contributed by atoms with van der Waals surface area (Å²) in [5.74, 6) is 2.51. The average Bonchev–Trinajstić information content (AvgIpc) is 3.41. The van der Waals surface area contributed by atoms with E-state index in [2.05, 4.69) is 55.7 Å². The van der Waals surface area contributed by atoms with Crippen LogP contribution in [0.2, 0.25) is 0 Å². The molecule has 3 heterocycles. The molecule has 6 heteroatoms. The Balaban J connectivity index is 1.37. The quantitative estimate of drug-likeness (QED) is 0.409. The molecule has 35 heavy (non-hydrogen) atoms. The Hall–Kier alpha value is -3.80. The molecule has 0 radical (unpaired) electrons. The molecule has 0 aliphatic carbocycles. The standard InChI is InChI=1S/C29H29N3O3/c1-18-12-19(2)23(20(3)13-18)17-32-25-7-5-4-6-24(25)30-29(32)21-14-28(33)31(16-21)22-8-9-26-27(15-22)35-11-10-34-26/h4-9,12-13,15,21H,10-11,14,16-17H2,1-3H3. The second-order valence-electron chi connectivity index (χ2n) is 9.66. The first-order valence-corrected chi connectivity index (χ1v) is 12.2. The van der Waals surface area contributed by atoms with Crippen LogP contribution in [0.15, 0.2) is 54.6 Å². The van der Waals surface area contributed by atoms with Gasteiger partial charge in [0, 0.05) is 37.2 Å². The van der Waals surface area contributed by atoms with E-state index in [1.165, 1.54) is 22.3 Å². The van der Waals surface area contributed by atoms with E-state index in [9.17, 15) is 4.79 Å². The van der Waals surface area contributed by atoms with Crippen LogP contribution in [0.1, 0.15) is 40.4 Å². The topological polar surface area (TPSA) is 56.6 Å². The van der Waals surface area contributed by atoms with Gasteiger partial charge in [0.25, 0.3) is 0 Å². The van der Waals surface area contributed by atoms with E-state index in [-0.39, 0.29) is 11.8 Å². The first-order valence-electron chi connectivity index (χ1n) is 12.2. The summed E-state index contributed by atoms with van der Waals surface area (Å²) in [6.07, 6.45) is 0.434. The summed E-state index contributed by atoms with van der Waals surface area (Å²) in [5.41, 5.74) is 8.07. The zero-order valence-electron chi connectivity index (χ0n) is 20.4. The number of hydrogen-bond acceptors (Lipinski definition) is 4. The molecule has 1 amide bonds. The number of carbonyl (C=O) groups is 1. The van der Waals surface area contributed by atoms with Crippen LogP contribution in [-0.4, -0.2) is 35.2 Å². The number of imidazole rings is 1. The molecule has 0 N–H and O–H groups in total.